The van der Waals surface area contributed by atoms with Gasteiger partial charge in [-0.1, -0.05) is 6.92 Å². The molecule has 29 heavy (non-hydrogen) atoms. The molecule has 9 heteroatoms. The smallest absolute Gasteiger partial charge is 0.344 e. The van der Waals surface area contributed by atoms with Gasteiger partial charge in [0.25, 0.3) is 11.8 Å². The molecule has 2 aliphatic carbocycles. The number of rotatable bonds is 4. The molecule has 1 saturated heterocycles. The van der Waals surface area contributed by atoms with Crippen LogP contribution in [-0.2, 0) is 27.2 Å². The maximum atomic E-state index is 12.7. The Morgan fingerprint density at radius 2 is 2.00 bits per heavy atom. The Hall–Kier alpha value is -2.42. The molecule has 1 aromatic heterocycles. The molecular formula is C20H25N3O5S. The standard InChI is InChI=1S/C20H25N3O5S/c1-12-6-8-20(9-7-12)18(26)23(19(27)21-20)22-16(24)10-28-17(25)14-11-29-15-5-3-2-4-13(14)15/h11-12H,2-10H2,1H3,(H,21,27)(H,22,24). The van der Waals surface area contributed by atoms with Crippen LogP contribution in [-0.4, -0.2) is 41.0 Å². The van der Waals surface area contributed by atoms with Crippen molar-refractivity contribution < 1.29 is 23.9 Å². The topological polar surface area (TPSA) is 105 Å². The van der Waals surface area contributed by atoms with Crippen molar-refractivity contribution >= 4 is 35.2 Å². The van der Waals surface area contributed by atoms with Crippen LogP contribution >= 0.6 is 11.3 Å². The van der Waals surface area contributed by atoms with Crippen LogP contribution in [0.4, 0.5) is 4.79 Å². The lowest BCUT2D eigenvalue weighted by Crippen LogP contribution is -2.52. The Morgan fingerprint density at radius 3 is 2.76 bits per heavy atom. The highest BCUT2D eigenvalue weighted by molar-refractivity contribution is 7.10. The third-order valence-electron chi connectivity index (χ3n) is 6.14. The summed E-state index contributed by atoms with van der Waals surface area (Å²) in [5.74, 6) is -1.20. The number of hydrogen-bond acceptors (Lipinski definition) is 6. The number of ether oxygens (including phenoxy) is 1. The van der Waals surface area contributed by atoms with Gasteiger partial charge in [-0.2, -0.15) is 5.01 Å². The highest BCUT2D eigenvalue weighted by atomic mass is 32.1. The number of imide groups is 1. The number of nitrogens with zero attached hydrogens (tertiary/aromatic N) is 1. The quantitative estimate of drug-likeness (QED) is 0.576. The average molecular weight is 420 g/mol. The molecule has 2 fully saturated rings. The third kappa shape index (κ3) is 3.75. The van der Waals surface area contributed by atoms with Gasteiger partial charge in [0.05, 0.1) is 5.56 Å². The van der Waals surface area contributed by atoms with E-state index in [2.05, 4.69) is 17.7 Å². The summed E-state index contributed by atoms with van der Waals surface area (Å²) >= 11 is 1.55. The maximum Gasteiger partial charge on any atom is 0.344 e. The lowest BCUT2D eigenvalue weighted by atomic mass is 9.77. The summed E-state index contributed by atoms with van der Waals surface area (Å²) in [6.07, 6.45) is 6.78. The zero-order valence-electron chi connectivity index (χ0n) is 16.4. The first-order valence-corrected chi connectivity index (χ1v) is 11.0. The molecule has 3 aliphatic rings. The van der Waals surface area contributed by atoms with E-state index in [9.17, 15) is 19.2 Å². The van der Waals surface area contributed by atoms with E-state index >= 15 is 0 Å². The molecule has 0 bridgehead atoms. The Morgan fingerprint density at radius 1 is 1.28 bits per heavy atom. The normalized spacial score (nSPS) is 26.2. The highest BCUT2D eigenvalue weighted by Crippen LogP contribution is 2.35. The van der Waals surface area contributed by atoms with E-state index in [1.54, 1.807) is 16.7 Å². The lowest BCUT2D eigenvalue weighted by molar-refractivity contribution is -0.141. The van der Waals surface area contributed by atoms with Crippen LogP contribution < -0.4 is 10.7 Å². The number of hydrazine groups is 1. The van der Waals surface area contributed by atoms with Gasteiger partial charge < -0.3 is 10.1 Å². The fourth-order valence-electron chi connectivity index (χ4n) is 4.35. The van der Waals surface area contributed by atoms with Crippen molar-refractivity contribution in [1.29, 1.82) is 0 Å². The largest absolute Gasteiger partial charge is 0.452 e. The number of carbonyl (C=O) groups excluding carboxylic acids is 4. The molecule has 2 heterocycles. The van der Waals surface area contributed by atoms with Gasteiger partial charge in [-0.05, 0) is 62.8 Å². The van der Waals surface area contributed by atoms with Crippen LogP contribution in [0.5, 0.6) is 0 Å². The molecule has 0 unspecified atom stereocenters. The summed E-state index contributed by atoms with van der Waals surface area (Å²) in [4.78, 5) is 50.8. The third-order valence-corrected chi connectivity index (χ3v) is 7.23. The summed E-state index contributed by atoms with van der Waals surface area (Å²) in [7, 11) is 0. The second-order valence-corrected chi connectivity index (χ2v) is 9.17. The average Bonchev–Trinajstić information content (AvgIpc) is 3.24. The molecule has 1 spiro atoms. The van der Waals surface area contributed by atoms with E-state index in [0.717, 1.165) is 49.1 Å². The van der Waals surface area contributed by atoms with Crippen LogP contribution in [0.1, 0.15) is 66.2 Å². The van der Waals surface area contributed by atoms with Crippen LogP contribution in [0.3, 0.4) is 0 Å². The van der Waals surface area contributed by atoms with Gasteiger partial charge in [-0.3, -0.25) is 15.0 Å². The molecule has 0 atom stereocenters. The summed E-state index contributed by atoms with van der Waals surface area (Å²) in [6, 6.07) is -0.642. The molecular weight excluding hydrogens is 394 g/mol. The molecule has 1 aromatic rings. The monoisotopic (exact) mass is 419 g/mol. The van der Waals surface area contributed by atoms with E-state index in [0.29, 0.717) is 24.3 Å². The number of carbonyl (C=O) groups is 4. The van der Waals surface area contributed by atoms with E-state index in [-0.39, 0.29) is 0 Å². The number of nitrogens with one attached hydrogen (secondary N) is 2. The Labute approximate surface area is 172 Å². The fourth-order valence-corrected chi connectivity index (χ4v) is 5.46. The van der Waals surface area contributed by atoms with Crippen molar-refractivity contribution in [3.05, 3.63) is 21.4 Å². The molecule has 156 valence electrons. The Bertz CT molecular complexity index is 856. The summed E-state index contributed by atoms with van der Waals surface area (Å²) in [6.45, 7) is 1.57. The van der Waals surface area contributed by atoms with Crippen LogP contribution in [0.2, 0.25) is 0 Å². The summed E-state index contributed by atoms with van der Waals surface area (Å²) in [5.41, 5.74) is 2.89. The number of aryl methyl sites for hydroxylation is 1. The lowest BCUT2D eigenvalue weighted by Gasteiger charge is -2.33. The van der Waals surface area contributed by atoms with E-state index in [1.807, 2.05) is 0 Å². The van der Waals surface area contributed by atoms with Crippen LogP contribution in [0.15, 0.2) is 5.38 Å². The first-order chi connectivity index (χ1) is 13.9. The van der Waals surface area contributed by atoms with Crippen molar-refractivity contribution in [1.82, 2.24) is 15.8 Å². The molecule has 0 aromatic carbocycles. The molecule has 1 aliphatic heterocycles. The first kappa shape index (κ1) is 19.9. The van der Waals surface area contributed by atoms with Crippen molar-refractivity contribution in [2.75, 3.05) is 6.61 Å². The minimum Gasteiger partial charge on any atom is -0.452 e. The molecule has 2 N–H and O–H groups in total. The van der Waals surface area contributed by atoms with E-state index < -0.39 is 36.0 Å². The molecule has 4 amide bonds. The number of amides is 4. The van der Waals surface area contributed by atoms with Gasteiger partial charge in [0, 0.05) is 10.3 Å². The van der Waals surface area contributed by atoms with Crippen LogP contribution in [0.25, 0.3) is 0 Å². The Kier molecular flexibility index (Phi) is 5.33. The SMILES string of the molecule is CC1CCC2(CC1)NC(=O)N(NC(=O)COC(=O)c1csc3c1CCCC3)C2=O. The predicted molar refractivity (Wildman–Crippen MR) is 105 cm³/mol. The maximum absolute atomic E-state index is 12.7. The predicted octanol–water partition coefficient (Wildman–Crippen LogP) is 2.32. The zero-order chi connectivity index (χ0) is 20.6. The summed E-state index contributed by atoms with van der Waals surface area (Å²) < 4.78 is 5.13. The first-order valence-electron chi connectivity index (χ1n) is 10.1. The number of fused-ring (bicyclic) bond motifs is 1. The van der Waals surface area contributed by atoms with Crippen molar-refractivity contribution in [3.63, 3.8) is 0 Å². The van der Waals surface area contributed by atoms with Gasteiger partial charge in [0.15, 0.2) is 6.61 Å². The molecule has 0 radical (unpaired) electrons. The summed E-state index contributed by atoms with van der Waals surface area (Å²) in [5, 5.41) is 5.23. The Balaban J connectivity index is 1.33. The number of esters is 1. The minimum absolute atomic E-state index is 0.444. The number of thiophene rings is 1. The second kappa shape index (κ2) is 7.78. The van der Waals surface area contributed by atoms with Crippen molar-refractivity contribution in [2.45, 2.75) is 63.8 Å². The van der Waals surface area contributed by atoms with Gasteiger partial charge >= 0.3 is 12.0 Å². The van der Waals surface area contributed by atoms with Crippen molar-refractivity contribution in [3.8, 4) is 0 Å². The minimum atomic E-state index is -0.927. The van der Waals surface area contributed by atoms with E-state index in [4.69, 9.17) is 4.74 Å². The molecule has 4 rings (SSSR count). The van der Waals surface area contributed by atoms with Crippen molar-refractivity contribution in [2.24, 2.45) is 5.92 Å². The second-order valence-electron chi connectivity index (χ2n) is 8.20. The highest BCUT2D eigenvalue weighted by Gasteiger charge is 2.52. The molecule has 8 nitrogen and oxygen atoms in total. The number of hydrogen-bond donors (Lipinski definition) is 2. The number of urea groups is 1. The van der Waals surface area contributed by atoms with Gasteiger partial charge in [0.2, 0.25) is 0 Å². The van der Waals surface area contributed by atoms with Crippen LogP contribution in [0, 0.1) is 5.92 Å². The van der Waals surface area contributed by atoms with Gasteiger partial charge in [-0.25, -0.2) is 9.59 Å². The van der Waals surface area contributed by atoms with Gasteiger partial charge in [0.1, 0.15) is 5.54 Å². The molecule has 1 saturated carbocycles. The fraction of sp³-hybridized carbons (Fsp3) is 0.600. The zero-order valence-corrected chi connectivity index (χ0v) is 17.2. The van der Waals surface area contributed by atoms with Gasteiger partial charge in [-0.15, -0.1) is 11.3 Å². The van der Waals surface area contributed by atoms with E-state index in [1.165, 1.54) is 4.88 Å².